The fourth-order valence-corrected chi connectivity index (χ4v) is 0.700. The maximum absolute atomic E-state index is 10.5. The van der Waals surface area contributed by atoms with Crippen LogP contribution in [0.15, 0.2) is 0 Å². The molecule has 1 fully saturated rings. The predicted molar refractivity (Wildman–Crippen MR) is 35.7 cm³/mol. The first-order chi connectivity index (χ1) is 4.52. The molecule has 0 saturated carbocycles. The second-order valence-corrected chi connectivity index (χ2v) is 3.29. The van der Waals surface area contributed by atoms with Crippen molar-refractivity contribution in [2.45, 2.75) is 26.9 Å². The van der Waals surface area contributed by atoms with Gasteiger partial charge < -0.3 is 9.47 Å². The van der Waals surface area contributed by atoms with E-state index in [1.165, 1.54) is 0 Å². The van der Waals surface area contributed by atoms with Crippen LogP contribution in [0, 0.1) is 5.41 Å². The molecule has 3 nitrogen and oxygen atoms in total. The molecule has 58 valence electrons. The minimum Gasteiger partial charge on any atom is -0.434 e. The average molecular weight is 144 g/mol. The van der Waals surface area contributed by atoms with Gasteiger partial charge in [0.15, 0.2) is 0 Å². The standard InChI is InChI=1S/C7H12O3/c1-5-7(2,3)4-9-6(8)10-5/h5H,4H2,1-3H3. The normalized spacial score (nSPS) is 30.7. The molecule has 0 aliphatic carbocycles. The summed E-state index contributed by atoms with van der Waals surface area (Å²) < 4.78 is 9.54. The van der Waals surface area contributed by atoms with E-state index in [9.17, 15) is 4.79 Å². The van der Waals surface area contributed by atoms with Crippen molar-refractivity contribution in [2.75, 3.05) is 6.61 Å². The van der Waals surface area contributed by atoms with E-state index in [2.05, 4.69) is 0 Å². The van der Waals surface area contributed by atoms with Gasteiger partial charge in [0, 0.05) is 5.41 Å². The Kier molecular flexibility index (Phi) is 1.58. The molecule has 0 aromatic rings. The van der Waals surface area contributed by atoms with Crippen molar-refractivity contribution in [3.63, 3.8) is 0 Å². The molecule has 0 aromatic carbocycles. The molecule has 0 amide bonds. The van der Waals surface area contributed by atoms with Crippen molar-refractivity contribution < 1.29 is 14.3 Å². The van der Waals surface area contributed by atoms with Crippen LogP contribution in [0.1, 0.15) is 20.8 Å². The van der Waals surface area contributed by atoms with Gasteiger partial charge in [0.1, 0.15) is 12.7 Å². The molecular formula is C7H12O3. The molecule has 0 N–H and O–H groups in total. The summed E-state index contributed by atoms with van der Waals surface area (Å²) in [6.07, 6.45) is -0.597. The maximum Gasteiger partial charge on any atom is 0.508 e. The highest BCUT2D eigenvalue weighted by Crippen LogP contribution is 2.27. The van der Waals surface area contributed by atoms with E-state index < -0.39 is 6.16 Å². The van der Waals surface area contributed by atoms with Gasteiger partial charge in [0.25, 0.3) is 0 Å². The zero-order valence-electron chi connectivity index (χ0n) is 6.51. The molecule has 0 spiro atoms. The number of ether oxygens (including phenoxy) is 2. The molecule has 10 heavy (non-hydrogen) atoms. The zero-order valence-corrected chi connectivity index (χ0v) is 6.51. The van der Waals surface area contributed by atoms with Crippen LogP contribution in [0.25, 0.3) is 0 Å². The fraction of sp³-hybridized carbons (Fsp3) is 0.857. The average Bonchev–Trinajstić information content (AvgIpc) is 1.81. The smallest absolute Gasteiger partial charge is 0.434 e. The van der Waals surface area contributed by atoms with Crippen molar-refractivity contribution in [1.82, 2.24) is 0 Å². The van der Waals surface area contributed by atoms with Crippen molar-refractivity contribution >= 4 is 6.16 Å². The van der Waals surface area contributed by atoms with Crippen LogP contribution in [0.3, 0.4) is 0 Å². The molecule has 1 atom stereocenters. The van der Waals surface area contributed by atoms with Gasteiger partial charge in [-0.1, -0.05) is 13.8 Å². The first-order valence-electron chi connectivity index (χ1n) is 3.36. The lowest BCUT2D eigenvalue weighted by Gasteiger charge is -2.34. The van der Waals surface area contributed by atoms with Gasteiger partial charge in [-0.2, -0.15) is 0 Å². The van der Waals surface area contributed by atoms with Gasteiger partial charge >= 0.3 is 6.16 Å². The molecule has 1 saturated heterocycles. The molecule has 1 aliphatic heterocycles. The van der Waals surface area contributed by atoms with Crippen molar-refractivity contribution in [1.29, 1.82) is 0 Å². The van der Waals surface area contributed by atoms with E-state index in [1.54, 1.807) is 0 Å². The summed E-state index contributed by atoms with van der Waals surface area (Å²) in [4.78, 5) is 10.5. The summed E-state index contributed by atoms with van der Waals surface area (Å²) in [5, 5.41) is 0. The molecule has 1 aliphatic rings. The van der Waals surface area contributed by atoms with Gasteiger partial charge in [-0.05, 0) is 6.92 Å². The Morgan fingerprint density at radius 2 is 2.20 bits per heavy atom. The Labute approximate surface area is 60.3 Å². The third-order valence-corrected chi connectivity index (χ3v) is 1.94. The van der Waals surface area contributed by atoms with Crippen molar-refractivity contribution in [3.8, 4) is 0 Å². The zero-order chi connectivity index (χ0) is 7.78. The lowest BCUT2D eigenvalue weighted by molar-refractivity contribution is -0.0873. The maximum atomic E-state index is 10.5. The molecule has 0 bridgehead atoms. The Bertz CT molecular complexity index is 151. The summed E-state index contributed by atoms with van der Waals surface area (Å²) >= 11 is 0. The topological polar surface area (TPSA) is 35.5 Å². The summed E-state index contributed by atoms with van der Waals surface area (Å²) in [5.41, 5.74) is -0.0477. The minimum atomic E-state index is -0.549. The number of cyclic esters (lactones) is 2. The van der Waals surface area contributed by atoms with E-state index in [1.807, 2.05) is 20.8 Å². The SMILES string of the molecule is CC1OC(=O)OCC1(C)C. The van der Waals surface area contributed by atoms with Crippen LogP contribution >= 0.6 is 0 Å². The molecule has 0 radical (unpaired) electrons. The summed E-state index contributed by atoms with van der Waals surface area (Å²) in [6, 6.07) is 0. The van der Waals surface area contributed by atoms with Crippen LogP contribution < -0.4 is 0 Å². The Morgan fingerprint density at radius 1 is 1.60 bits per heavy atom. The quantitative estimate of drug-likeness (QED) is 0.484. The van der Waals surface area contributed by atoms with E-state index in [0.717, 1.165) is 0 Å². The van der Waals surface area contributed by atoms with Crippen molar-refractivity contribution in [3.05, 3.63) is 0 Å². The first-order valence-corrected chi connectivity index (χ1v) is 3.36. The van der Waals surface area contributed by atoms with Crippen molar-refractivity contribution in [2.24, 2.45) is 5.41 Å². The molecule has 0 aromatic heterocycles. The van der Waals surface area contributed by atoms with Gasteiger partial charge in [-0.3, -0.25) is 0 Å². The number of hydrogen-bond donors (Lipinski definition) is 0. The highest BCUT2D eigenvalue weighted by Gasteiger charge is 2.35. The largest absolute Gasteiger partial charge is 0.508 e. The summed E-state index contributed by atoms with van der Waals surface area (Å²) in [6.45, 7) is 6.33. The second kappa shape index (κ2) is 2.15. The lowest BCUT2D eigenvalue weighted by Crippen LogP contribution is -2.41. The lowest BCUT2D eigenvalue weighted by atomic mass is 9.88. The number of carbonyl (C=O) groups excluding carboxylic acids is 1. The Balaban J connectivity index is 2.60. The van der Waals surface area contributed by atoms with E-state index >= 15 is 0 Å². The number of carbonyl (C=O) groups is 1. The molecule has 1 rings (SSSR count). The van der Waals surface area contributed by atoms with Gasteiger partial charge in [0.2, 0.25) is 0 Å². The molecule has 3 heteroatoms. The van der Waals surface area contributed by atoms with E-state index in [-0.39, 0.29) is 11.5 Å². The molecular weight excluding hydrogens is 132 g/mol. The fourth-order valence-electron chi connectivity index (χ4n) is 0.700. The summed E-state index contributed by atoms with van der Waals surface area (Å²) in [5.74, 6) is 0. The van der Waals surface area contributed by atoms with Crippen LogP contribution in [-0.4, -0.2) is 18.9 Å². The first kappa shape index (κ1) is 7.38. The van der Waals surface area contributed by atoms with Gasteiger partial charge in [0.05, 0.1) is 0 Å². The second-order valence-electron chi connectivity index (χ2n) is 3.29. The Hall–Kier alpha value is -0.730. The predicted octanol–water partition coefficient (Wildman–Crippen LogP) is 1.57. The summed E-state index contributed by atoms with van der Waals surface area (Å²) in [7, 11) is 0. The van der Waals surface area contributed by atoms with E-state index in [0.29, 0.717) is 6.61 Å². The third-order valence-electron chi connectivity index (χ3n) is 1.94. The Morgan fingerprint density at radius 3 is 2.60 bits per heavy atom. The van der Waals surface area contributed by atoms with Crippen LogP contribution in [0.5, 0.6) is 0 Å². The van der Waals surface area contributed by atoms with E-state index in [4.69, 9.17) is 9.47 Å². The van der Waals surface area contributed by atoms with Crippen LogP contribution in [-0.2, 0) is 9.47 Å². The number of rotatable bonds is 0. The highest BCUT2D eigenvalue weighted by molar-refractivity contribution is 5.61. The van der Waals surface area contributed by atoms with Gasteiger partial charge in [-0.15, -0.1) is 0 Å². The molecule has 1 unspecified atom stereocenters. The monoisotopic (exact) mass is 144 g/mol. The third kappa shape index (κ3) is 1.23. The van der Waals surface area contributed by atoms with Gasteiger partial charge in [-0.25, -0.2) is 4.79 Å². The number of hydrogen-bond acceptors (Lipinski definition) is 3. The highest BCUT2D eigenvalue weighted by atomic mass is 16.7. The van der Waals surface area contributed by atoms with Crippen LogP contribution in [0.4, 0.5) is 4.79 Å². The van der Waals surface area contributed by atoms with Crippen LogP contribution in [0.2, 0.25) is 0 Å². The minimum absolute atomic E-state index is 0.0475. The molecule has 1 heterocycles.